The number of aromatic nitrogens is 1. The predicted octanol–water partition coefficient (Wildman–Crippen LogP) is 3.98. The lowest BCUT2D eigenvalue weighted by molar-refractivity contribution is 0.625. The molecule has 2 N–H and O–H groups in total. The number of pyridine rings is 1. The monoisotopic (exact) mass is 268 g/mol. The summed E-state index contributed by atoms with van der Waals surface area (Å²) >= 11 is 10.5. The molecular formula is C13H20N2S2. The zero-order valence-electron chi connectivity index (χ0n) is 10.3. The normalized spacial score (nSPS) is 10.2. The minimum atomic E-state index is 0.705. The van der Waals surface area contributed by atoms with E-state index in [0.29, 0.717) is 4.64 Å². The molecule has 0 fully saturated rings. The zero-order chi connectivity index (χ0) is 12.5. The number of hydrogen-bond donors (Lipinski definition) is 2. The Morgan fingerprint density at radius 1 is 1.29 bits per heavy atom. The van der Waals surface area contributed by atoms with E-state index in [4.69, 9.17) is 24.4 Å². The maximum atomic E-state index is 5.31. The Labute approximate surface area is 114 Å². The van der Waals surface area contributed by atoms with E-state index in [0.717, 1.165) is 17.1 Å². The lowest BCUT2D eigenvalue weighted by Gasteiger charge is -2.07. The van der Waals surface area contributed by atoms with Crippen molar-refractivity contribution >= 4 is 29.4 Å². The average Bonchev–Trinajstić information content (AvgIpc) is 2.34. The first-order chi connectivity index (χ1) is 8.25. The Hall–Kier alpha value is -0.740. The molecule has 0 spiro atoms. The standard InChI is InChI=1S/C13H20N2S2/c1-2-3-4-5-6-9-14-12(16)11-8-7-10-15-13(11)17/h7-8,10H,2-6,9H2,1H3,(H,14,16)(H,15,17). The van der Waals surface area contributed by atoms with Crippen LogP contribution in [-0.2, 0) is 0 Å². The lowest BCUT2D eigenvalue weighted by Crippen LogP contribution is -2.23. The van der Waals surface area contributed by atoms with Gasteiger partial charge in [0, 0.05) is 18.3 Å². The third-order valence-corrected chi connectivity index (χ3v) is 3.33. The highest BCUT2D eigenvalue weighted by atomic mass is 32.1. The SMILES string of the molecule is CCCCCCCNC(=S)c1ccc[nH]c1=S. The van der Waals surface area contributed by atoms with E-state index in [1.54, 1.807) is 0 Å². The van der Waals surface area contributed by atoms with Crippen LogP contribution in [0.5, 0.6) is 0 Å². The van der Waals surface area contributed by atoms with Crippen molar-refractivity contribution in [3.63, 3.8) is 0 Å². The molecule has 0 unspecified atom stereocenters. The maximum absolute atomic E-state index is 5.31. The number of unbranched alkanes of at least 4 members (excludes halogenated alkanes) is 4. The number of hydrogen-bond acceptors (Lipinski definition) is 2. The molecule has 0 bridgehead atoms. The third kappa shape index (κ3) is 5.41. The van der Waals surface area contributed by atoms with Crippen molar-refractivity contribution in [3.8, 4) is 0 Å². The molecule has 1 aromatic heterocycles. The molecule has 0 radical (unpaired) electrons. The molecule has 0 saturated carbocycles. The Kier molecular flexibility index (Phi) is 7.05. The number of aromatic amines is 1. The van der Waals surface area contributed by atoms with Gasteiger partial charge in [0.05, 0.1) is 0 Å². The topological polar surface area (TPSA) is 27.8 Å². The van der Waals surface area contributed by atoms with Crippen molar-refractivity contribution in [2.75, 3.05) is 6.54 Å². The van der Waals surface area contributed by atoms with Crippen LogP contribution >= 0.6 is 24.4 Å². The van der Waals surface area contributed by atoms with Crippen LogP contribution in [0.25, 0.3) is 0 Å². The molecule has 17 heavy (non-hydrogen) atoms. The minimum absolute atomic E-state index is 0.705. The Balaban J connectivity index is 2.26. The third-order valence-electron chi connectivity index (χ3n) is 2.63. The van der Waals surface area contributed by atoms with Crippen LogP contribution in [0, 0.1) is 4.64 Å². The lowest BCUT2D eigenvalue weighted by atomic mass is 10.1. The highest BCUT2D eigenvalue weighted by molar-refractivity contribution is 7.80. The summed E-state index contributed by atoms with van der Waals surface area (Å²) < 4.78 is 0.705. The summed E-state index contributed by atoms with van der Waals surface area (Å²) in [6.07, 6.45) is 8.18. The Morgan fingerprint density at radius 3 is 2.76 bits per heavy atom. The highest BCUT2D eigenvalue weighted by Crippen LogP contribution is 2.03. The van der Waals surface area contributed by atoms with E-state index in [2.05, 4.69) is 17.2 Å². The van der Waals surface area contributed by atoms with E-state index >= 15 is 0 Å². The van der Waals surface area contributed by atoms with Crippen LogP contribution < -0.4 is 5.32 Å². The molecule has 94 valence electrons. The first-order valence-electron chi connectivity index (χ1n) is 6.21. The van der Waals surface area contributed by atoms with Crippen molar-refractivity contribution in [2.45, 2.75) is 39.0 Å². The van der Waals surface area contributed by atoms with Gasteiger partial charge in [0.2, 0.25) is 0 Å². The first kappa shape index (κ1) is 14.3. The Morgan fingerprint density at radius 2 is 2.06 bits per heavy atom. The maximum Gasteiger partial charge on any atom is 0.113 e. The van der Waals surface area contributed by atoms with Crippen LogP contribution in [0.15, 0.2) is 18.3 Å². The largest absolute Gasteiger partial charge is 0.376 e. The molecule has 0 saturated heterocycles. The van der Waals surface area contributed by atoms with Gasteiger partial charge in [-0.2, -0.15) is 0 Å². The number of thiocarbonyl (C=S) groups is 1. The molecule has 0 aliphatic carbocycles. The van der Waals surface area contributed by atoms with Crippen LogP contribution in [0.2, 0.25) is 0 Å². The van der Waals surface area contributed by atoms with Crippen LogP contribution in [0.4, 0.5) is 0 Å². The molecule has 0 aliphatic heterocycles. The van der Waals surface area contributed by atoms with Crippen LogP contribution in [-0.4, -0.2) is 16.5 Å². The van der Waals surface area contributed by atoms with E-state index in [1.807, 2.05) is 18.3 Å². The quantitative estimate of drug-likeness (QED) is 0.579. The molecule has 1 rings (SSSR count). The molecule has 0 aliphatic rings. The molecule has 0 aromatic carbocycles. The number of nitrogens with one attached hydrogen (secondary N) is 2. The summed E-state index contributed by atoms with van der Waals surface area (Å²) in [7, 11) is 0. The molecule has 0 atom stereocenters. The molecular weight excluding hydrogens is 248 g/mol. The van der Waals surface area contributed by atoms with Crippen molar-refractivity contribution in [2.24, 2.45) is 0 Å². The van der Waals surface area contributed by atoms with Gasteiger partial charge in [-0.1, -0.05) is 57.0 Å². The second-order valence-electron chi connectivity index (χ2n) is 4.08. The number of rotatable bonds is 7. The summed E-state index contributed by atoms with van der Waals surface area (Å²) in [5.41, 5.74) is 0.922. The number of H-pyrrole nitrogens is 1. The minimum Gasteiger partial charge on any atom is -0.376 e. The average molecular weight is 268 g/mol. The zero-order valence-corrected chi connectivity index (χ0v) is 11.9. The van der Waals surface area contributed by atoms with E-state index < -0.39 is 0 Å². The van der Waals surface area contributed by atoms with E-state index in [1.165, 1.54) is 32.1 Å². The second kappa shape index (κ2) is 8.37. The van der Waals surface area contributed by atoms with Crippen molar-refractivity contribution in [1.82, 2.24) is 10.3 Å². The van der Waals surface area contributed by atoms with Gasteiger partial charge >= 0.3 is 0 Å². The van der Waals surface area contributed by atoms with Gasteiger partial charge in [-0.3, -0.25) is 0 Å². The van der Waals surface area contributed by atoms with E-state index in [-0.39, 0.29) is 0 Å². The van der Waals surface area contributed by atoms with Gasteiger partial charge in [-0.25, -0.2) is 0 Å². The molecule has 1 aromatic rings. The second-order valence-corrected chi connectivity index (χ2v) is 4.90. The molecule has 1 heterocycles. The van der Waals surface area contributed by atoms with Crippen molar-refractivity contribution in [3.05, 3.63) is 28.5 Å². The van der Waals surface area contributed by atoms with Crippen molar-refractivity contribution in [1.29, 1.82) is 0 Å². The van der Waals surface area contributed by atoms with Gasteiger partial charge < -0.3 is 10.3 Å². The smallest absolute Gasteiger partial charge is 0.113 e. The van der Waals surface area contributed by atoms with Gasteiger partial charge in [0.25, 0.3) is 0 Å². The first-order valence-corrected chi connectivity index (χ1v) is 7.03. The fraction of sp³-hybridized carbons (Fsp3) is 0.538. The summed E-state index contributed by atoms with van der Waals surface area (Å²) in [5.74, 6) is 0. The fourth-order valence-electron chi connectivity index (χ4n) is 1.63. The summed E-state index contributed by atoms with van der Waals surface area (Å²) in [4.78, 5) is 3.74. The van der Waals surface area contributed by atoms with Gasteiger partial charge in [-0.15, -0.1) is 0 Å². The van der Waals surface area contributed by atoms with E-state index in [9.17, 15) is 0 Å². The Bertz CT molecular complexity index is 398. The molecule has 0 amide bonds. The van der Waals surface area contributed by atoms with Crippen LogP contribution in [0.3, 0.4) is 0 Å². The summed E-state index contributed by atoms with van der Waals surface area (Å²) in [5, 5.41) is 3.26. The van der Waals surface area contributed by atoms with Crippen molar-refractivity contribution < 1.29 is 0 Å². The van der Waals surface area contributed by atoms with Gasteiger partial charge in [0.1, 0.15) is 9.63 Å². The highest BCUT2D eigenvalue weighted by Gasteiger charge is 2.01. The summed E-state index contributed by atoms with van der Waals surface area (Å²) in [6, 6.07) is 3.87. The fourth-order valence-corrected chi connectivity index (χ4v) is 2.20. The van der Waals surface area contributed by atoms with Crippen LogP contribution in [0.1, 0.15) is 44.6 Å². The predicted molar refractivity (Wildman–Crippen MR) is 80.1 cm³/mol. The van der Waals surface area contributed by atoms with Gasteiger partial charge in [0.15, 0.2) is 0 Å². The molecule has 4 heteroatoms. The van der Waals surface area contributed by atoms with Gasteiger partial charge in [-0.05, 0) is 18.6 Å². The molecule has 2 nitrogen and oxygen atoms in total. The summed E-state index contributed by atoms with van der Waals surface area (Å²) in [6.45, 7) is 3.16.